The Kier molecular flexibility index (Phi) is 6.02. The Hall–Kier alpha value is -1.88. The van der Waals surface area contributed by atoms with Crippen molar-refractivity contribution in [2.24, 2.45) is 5.73 Å². The average molecular weight is 264 g/mol. The van der Waals surface area contributed by atoms with Crippen molar-refractivity contribution in [3.8, 4) is 0 Å². The summed E-state index contributed by atoms with van der Waals surface area (Å²) in [5, 5.41) is 2.81. The first-order chi connectivity index (χ1) is 9.02. The molecule has 19 heavy (non-hydrogen) atoms. The predicted molar refractivity (Wildman–Crippen MR) is 72.2 cm³/mol. The molecule has 1 amide bonds. The molecule has 2 atom stereocenters. The maximum Gasteiger partial charge on any atom is 0.307 e. The van der Waals surface area contributed by atoms with Gasteiger partial charge >= 0.3 is 5.97 Å². The van der Waals surface area contributed by atoms with Crippen LogP contribution in [0.5, 0.6) is 0 Å². The van der Waals surface area contributed by atoms with Gasteiger partial charge in [0, 0.05) is 12.5 Å². The van der Waals surface area contributed by atoms with Crippen molar-refractivity contribution in [2.45, 2.75) is 31.8 Å². The van der Waals surface area contributed by atoms with E-state index in [0.29, 0.717) is 0 Å². The molecule has 0 aliphatic carbocycles. The minimum Gasteiger partial charge on any atom is -0.469 e. The monoisotopic (exact) mass is 264 g/mol. The topological polar surface area (TPSA) is 81.4 Å². The minimum atomic E-state index is -0.389. The van der Waals surface area contributed by atoms with Gasteiger partial charge in [-0.25, -0.2) is 0 Å². The number of esters is 1. The number of nitrogens with two attached hydrogens (primary N) is 1. The lowest BCUT2D eigenvalue weighted by Crippen LogP contribution is -2.34. The molecule has 0 saturated carbocycles. The Bertz CT molecular complexity index is 418. The smallest absolute Gasteiger partial charge is 0.307 e. The summed E-state index contributed by atoms with van der Waals surface area (Å²) < 4.78 is 4.65. The molecule has 0 fully saturated rings. The number of rotatable bonds is 6. The molecule has 1 aromatic carbocycles. The fraction of sp³-hybridized carbons (Fsp3) is 0.429. The summed E-state index contributed by atoms with van der Waals surface area (Å²) in [5.74, 6) is -0.539. The molecule has 5 nitrogen and oxygen atoms in total. The summed E-state index contributed by atoms with van der Waals surface area (Å²) >= 11 is 0. The van der Waals surface area contributed by atoms with E-state index in [0.717, 1.165) is 5.56 Å². The van der Waals surface area contributed by atoms with Crippen molar-refractivity contribution >= 4 is 11.9 Å². The largest absolute Gasteiger partial charge is 0.469 e. The van der Waals surface area contributed by atoms with Crippen LogP contribution in [-0.4, -0.2) is 25.0 Å². The molecule has 0 heterocycles. The summed E-state index contributed by atoms with van der Waals surface area (Å²) in [6, 6.07) is 8.71. The van der Waals surface area contributed by atoms with Crippen molar-refractivity contribution in [2.75, 3.05) is 7.11 Å². The molecular formula is C14H20N2O3. The summed E-state index contributed by atoms with van der Waals surface area (Å²) in [7, 11) is 1.33. The molecule has 2 unspecified atom stereocenters. The van der Waals surface area contributed by atoms with Crippen molar-refractivity contribution < 1.29 is 14.3 Å². The maximum absolute atomic E-state index is 11.8. The van der Waals surface area contributed by atoms with Crippen molar-refractivity contribution in [1.29, 1.82) is 0 Å². The van der Waals surface area contributed by atoms with Crippen LogP contribution in [-0.2, 0) is 14.3 Å². The molecule has 0 saturated heterocycles. The van der Waals surface area contributed by atoms with Gasteiger partial charge in [-0.2, -0.15) is 0 Å². The van der Waals surface area contributed by atoms with E-state index in [1.54, 1.807) is 6.92 Å². The lowest BCUT2D eigenvalue weighted by molar-refractivity contribution is -0.141. The Labute approximate surface area is 113 Å². The Balaban J connectivity index is 2.75. The van der Waals surface area contributed by atoms with Crippen LogP contribution in [0.25, 0.3) is 0 Å². The molecule has 0 radical (unpaired) electrons. The van der Waals surface area contributed by atoms with Gasteiger partial charge in [0.2, 0.25) is 5.91 Å². The molecule has 0 aliphatic heterocycles. The maximum atomic E-state index is 11.8. The van der Waals surface area contributed by atoms with E-state index in [-0.39, 0.29) is 36.8 Å². The first-order valence-corrected chi connectivity index (χ1v) is 6.19. The molecular weight excluding hydrogens is 244 g/mol. The van der Waals surface area contributed by atoms with E-state index in [9.17, 15) is 9.59 Å². The Morgan fingerprint density at radius 3 is 2.42 bits per heavy atom. The number of carbonyl (C=O) groups is 2. The first-order valence-electron chi connectivity index (χ1n) is 6.19. The zero-order valence-electron chi connectivity index (χ0n) is 11.3. The fourth-order valence-corrected chi connectivity index (χ4v) is 1.73. The fourth-order valence-electron chi connectivity index (χ4n) is 1.73. The summed E-state index contributed by atoms with van der Waals surface area (Å²) in [5.41, 5.74) is 6.45. The van der Waals surface area contributed by atoms with Crippen LogP contribution in [0.15, 0.2) is 30.3 Å². The van der Waals surface area contributed by atoms with Crippen molar-refractivity contribution in [3.05, 3.63) is 35.9 Å². The minimum absolute atomic E-state index is 0.102. The van der Waals surface area contributed by atoms with E-state index in [1.807, 2.05) is 30.3 Å². The van der Waals surface area contributed by atoms with Gasteiger partial charge in [-0.15, -0.1) is 0 Å². The standard InChI is InChI=1S/C14H20N2O3/c1-10(15)8-13(17)16-12(9-14(18)19-2)11-6-4-3-5-7-11/h3-7,10,12H,8-9,15H2,1-2H3,(H,16,17). The van der Waals surface area contributed by atoms with Crippen molar-refractivity contribution in [1.82, 2.24) is 5.32 Å². The molecule has 5 heteroatoms. The molecule has 1 aromatic rings. The normalized spacial score (nSPS) is 13.4. The second-order valence-corrected chi connectivity index (χ2v) is 4.49. The number of nitrogens with one attached hydrogen (secondary N) is 1. The predicted octanol–water partition coefficient (Wildman–Crippen LogP) is 1.14. The molecule has 1 rings (SSSR count). The molecule has 0 aromatic heterocycles. The summed E-state index contributed by atoms with van der Waals surface area (Å²) in [6.07, 6.45) is 0.329. The summed E-state index contributed by atoms with van der Waals surface area (Å²) in [6.45, 7) is 1.76. The van der Waals surface area contributed by atoms with Crippen molar-refractivity contribution in [3.63, 3.8) is 0 Å². The molecule has 104 valence electrons. The van der Waals surface area contributed by atoms with E-state index >= 15 is 0 Å². The Morgan fingerprint density at radius 2 is 1.89 bits per heavy atom. The second-order valence-electron chi connectivity index (χ2n) is 4.49. The number of carbonyl (C=O) groups excluding carboxylic acids is 2. The van der Waals surface area contributed by atoms with E-state index in [2.05, 4.69) is 10.1 Å². The van der Waals surface area contributed by atoms with Gasteiger partial charge in [0.05, 0.1) is 19.6 Å². The highest BCUT2D eigenvalue weighted by atomic mass is 16.5. The SMILES string of the molecule is COC(=O)CC(NC(=O)CC(C)N)c1ccccc1. The third kappa shape index (κ3) is 5.52. The second kappa shape index (κ2) is 7.53. The molecule has 0 spiro atoms. The highest BCUT2D eigenvalue weighted by Gasteiger charge is 2.19. The number of benzene rings is 1. The van der Waals surface area contributed by atoms with Gasteiger partial charge in [-0.1, -0.05) is 30.3 Å². The van der Waals surface area contributed by atoms with Gasteiger partial charge in [0.1, 0.15) is 0 Å². The van der Waals surface area contributed by atoms with Gasteiger partial charge in [0.15, 0.2) is 0 Å². The van der Waals surface area contributed by atoms with Crippen LogP contribution in [0.4, 0.5) is 0 Å². The third-order valence-corrected chi connectivity index (χ3v) is 2.64. The van der Waals surface area contributed by atoms with Crippen LogP contribution in [0.2, 0.25) is 0 Å². The lowest BCUT2D eigenvalue weighted by Gasteiger charge is -2.18. The third-order valence-electron chi connectivity index (χ3n) is 2.64. The lowest BCUT2D eigenvalue weighted by atomic mass is 10.0. The van der Waals surface area contributed by atoms with Crippen LogP contribution in [0.1, 0.15) is 31.4 Å². The number of amides is 1. The highest BCUT2D eigenvalue weighted by Crippen LogP contribution is 2.17. The number of ether oxygens (including phenoxy) is 1. The van der Waals surface area contributed by atoms with Gasteiger partial charge in [0.25, 0.3) is 0 Å². The number of hydrogen-bond acceptors (Lipinski definition) is 4. The quantitative estimate of drug-likeness (QED) is 0.755. The number of methoxy groups -OCH3 is 1. The molecule has 0 bridgehead atoms. The van der Waals surface area contributed by atoms with Crippen LogP contribution < -0.4 is 11.1 Å². The zero-order valence-corrected chi connectivity index (χ0v) is 11.3. The zero-order chi connectivity index (χ0) is 14.3. The van der Waals surface area contributed by atoms with Crippen LogP contribution in [0.3, 0.4) is 0 Å². The van der Waals surface area contributed by atoms with E-state index in [1.165, 1.54) is 7.11 Å². The highest BCUT2D eigenvalue weighted by molar-refractivity contribution is 5.78. The molecule has 0 aliphatic rings. The Morgan fingerprint density at radius 1 is 1.26 bits per heavy atom. The van der Waals surface area contributed by atoms with E-state index in [4.69, 9.17) is 5.73 Å². The average Bonchev–Trinajstić information content (AvgIpc) is 2.37. The first kappa shape index (κ1) is 15.2. The van der Waals surface area contributed by atoms with Gasteiger partial charge in [-0.05, 0) is 12.5 Å². The summed E-state index contributed by atoms with van der Waals surface area (Å²) in [4.78, 5) is 23.2. The van der Waals surface area contributed by atoms with Gasteiger partial charge < -0.3 is 15.8 Å². The number of hydrogen-bond donors (Lipinski definition) is 2. The van der Waals surface area contributed by atoms with Crippen LogP contribution in [0, 0.1) is 0 Å². The van der Waals surface area contributed by atoms with Crippen LogP contribution >= 0.6 is 0 Å². The van der Waals surface area contributed by atoms with Gasteiger partial charge in [-0.3, -0.25) is 9.59 Å². The van der Waals surface area contributed by atoms with E-state index < -0.39 is 0 Å². The molecule has 3 N–H and O–H groups in total.